The maximum absolute atomic E-state index is 8.37. The Labute approximate surface area is 44.0 Å². The number of rotatable bonds is 1. The molecule has 0 aromatic rings. The first-order chi connectivity index (χ1) is 3.33. The summed E-state index contributed by atoms with van der Waals surface area (Å²) in [6, 6.07) is 2.24. The minimum absolute atomic E-state index is 0.0278. The van der Waals surface area contributed by atoms with E-state index < -0.39 is 0 Å². The minimum atomic E-state index is 0.0278. The summed E-state index contributed by atoms with van der Waals surface area (Å²) in [4.78, 5) is 0. The molecule has 0 spiro atoms. The second-order valence-corrected chi connectivity index (χ2v) is 2.14. The third-order valence-corrected chi connectivity index (χ3v) is 1.57. The SMILES string of the molecule is [CH2]CC1(C#N)CC1. The van der Waals surface area contributed by atoms with Gasteiger partial charge in [-0.15, -0.1) is 0 Å². The van der Waals surface area contributed by atoms with Crippen LogP contribution in [-0.2, 0) is 0 Å². The maximum Gasteiger partial charge on any atom is 0.0689 e. The van der Waals surface area contributed by atoms with Crippen molar-refractivity contribution in [2.45, 2.75) is 19.3 Å². The van der Waals surface area contributed by atoms with E-state index in [-0.39, 0.29) is 5.41 Å². The summed E-state index contributed by atoms with van der Waals surface area (Å²) in [6.07, 6.45) is 2.95. The molecule has 0 aromatic heterocycles. The van der Waals surface area contributed by atoms with E-state index in [1.807, 2.05) is 0 Å². The van der Waals surface area contributed by atoms with Crippen LogP contribution in [0.15, 0.2) is 0 Å². The lowest BCUT2D eigenvalue weighted by molar-refractivity contribution is 0.681. The number of nitrogens with zero attached hydrogens (tertiary/aromatic N) is 1. The fraction of sp³-hybridized carbons (Fsp3) is 0.667. The van der Waals surface area contributed by atoms with Gasteiger partial charge in [0.25, 0.3) is 0 Å². The van der Waals surface area contributed by atoms with Gasteiger partial charge in [0.1, 0.15) is 0 Å². The third-order valence-electron chi connectivity index (χ3n) is 1.57. The van der Waals surface area contributed by atoms with E-state index in [0.29, 0.717) is 0 Å². The Morgan fingerprint density at radius 3 is 2.29 bits per heavy atom. The van der Waals surface area contributed by atoms with Crippen LogP contribution in [0, 0.1) is 23.7 Å². The third kappa shape index (κ3) is 0.608. The van der Waals surface area contributed by atoms with Crippen LogP contribution in [0.1, 0.15) is 19.3 Å². The molecule has 0 N–H and O–H groups in total. The second-order valence-electron chi connectivity index (χ2n) is 2.14. The molecular formula is C6H8N. The smallest absolute Gasteiger partial charge is 0.0689 e. The summed E-state index contributed by atoms with van der Waals surface area (Å²) in [5, 5.41) is 8.37. The van der Waals surface area contributed by atoms with Gasteiger partial charge in [-0.25, -0.2) is 0 Å². The van der Waals surface area contributed by atoms with E-state index in [0.717, 1.165) is 19.3 Å². The molecule has 0 heterocycles. The van der Waals surface area contributed by atoms with Gasteiger partial charge < -0.3 is 0 Å². The van der Waals surface area contributed by atoms with Crippen molar-refractivity contribution >= 4 is 0 Å². The Kier molecular flexibility index (Phi) is 0.815. The van der Waals surface area contributed by atoms with E-state index in [4.69, 9.17) is 5.26 Å². The first-order valence-electron chi connectivity index (χ1n) is 2.53. The molecule has 0 aromatic carbocycles. The molecular weight excluding hydrogens is 86.1 g/mol. The summed E-state index contributed by atoms with van der Waals surface area (Å²) >= 11 is 0. The van der Waals surface area contributed by atoms with Crippen molar-refractivity contribution in [1.82, 2.24) is 0 Å². The Morgan fingerprint density at radius 2 is 2.29 bits per heavy atom. The lowest BCUT2D eigenvalue weighted by Gasteiger charge is -1.92. The van der Waals surface area contributed by atoms with E-state index in [9.17, 15) is 0 Å². The van der Waals surface area contributed by atoms with Gasteiger partial charge in [0, 0.05) is 0 Å². The molecule has 1 radical (unpaired) electrons. The van der Waals surface area contributed by atoms with Gasteiger partial charge in [-0.05, 0) is 19.3 Å². The minimum Gasteiger partial charge on any atom is -0.198 e. The van der Waals surface area contributed by atoms with Crippen LogP contribution in [-0.4, -0.2) is 0 Å². The molecule has 1 heteroatoms. The monoisotopic (exact) mass is 94.1 g/mol. The molecule has 0 atom stereocenters. The highest BCUT2D eigenvalue weighted by atomic mass is 14.5. The highest BCUT2D eigenvalue weighted by molar-refractivity contribution is 5.09. The predicted molar refractivity (Wildman–Crippen MR) is 27.3 cm³/mol. The number of hydrogen-bond donors (Lipinski definition) is 0. The zero-order valence-electron chi connectivity index (χ0n) is 4.28. The molecule has 0 saturated heterocycles. The standard InChI is InChI=1S/C6H8N/c1-2-6(5-7)3-4-6/h1-4H2. The van der Waals surface area contributed by atoms with Crippen LogP contribution in [0.3, 0.4) is 0 Å². The molecule has 0 bridgehead atoms. The molecule has 37 valence electrons. The first kappa shape index (κ1) is 4.64. The molecule has 1 fully saturated rings. The quantitative estimate of drug-likeness (QED) is 0.483. The van der Waals surface area contributed by atoms with Gasteiger partial charge in [0.2, 0.25) is 0 Å². The van der Waals surface area contributed by atoms with Crippen molar-refractivity contribution in [3.8, 4) is 6.07 Å². The van der Waals surface area contributed by atoms with Crippen molar-refractivity contribution in [2.24, 2.45) is 5.41 Å². The van der Waals surface area contributed by atoms with E-state index >= 15 is 0 Å². The van der Waals surface area contributed by atoms with Crippen molar-refractivity contribution in [3.63, 3.8) is 0 Å². The van der Waals surface area contributed by atoms with Crippen LogP contribution in [0.25, 0.3) is 0 Å². The van der Waals surface area contributed by atoms with Crippen LogP contribution < -0.4 is 0 Å². The molecule has 1 nitrogen and oxygen atoms in total. The molecule has 1 aliphatic carbocycles. The van der Waals surface area contributed by atoms with Crippen molar-refractivity contribution in [1.29, 1.82) is 5.26 Å². The van der Waals surface area contributed by atoms with Crippen LogP contribution in [0.5, 0.6) is 0 Å². The van der Waals surface area contributed by atoms with Crippen LogP contribution >= 0.6 is 0 Å². The molecule has 1 aliphatic rings. The Bertz CT molecular complexity index is 106. The fourth-order valence-corrected chi connectivity index (χ4v) is 0.569. The summed E-state index contributed by atoms with van der Waals surface area (Å²) in [5.74, 6) is 0. The largest absolute Gasteiger partial charge is 0.198 e. The van der Waals surface area contributed by atoms with Gasteiger partial charge in [0.15, 0.2) is 0 Å². The van der Waals surface area contributed by atoms with E-state index in [1.165, 1.54) is 0 Å². The second kappa shape index (κ2) is 1.23. The number of hydrogen-bond acceptors (Lipinski definition) is 1. The Morgan fingerprint density at radius 1 is 1.71 bits per heavy atom. The summed E-state index contributed by atoms with van der Waals surface area (Å²) in [6.45, 7) is 3.67. The zero-order valence-corrected chi connectivity index (χ0v) is 4.28. The summed E-state index contributed by atoms with van der Waals surface area (Å²) in [7, 11) is 0. The molecule has 1 saturated carbocycles. The Hall–Kier alpha value is -0.510. The average molecular weight is 94.1 g/mol. The molecule has 0 unspecified atom stereocenters. The molecule has 1 rings (SSSR count). The highest BCUT2D eigenvalue weighted by Gasteiger charge is 2.40. The van der Waals surface area contributed by atoms with Crippen molar-refractivity contribution < 1.29 is 0 Å². The molecule has 7 heavy (non-hydrogen) atoms. The van der Waals surface area contributed by atoms with E-state index in [1.54, 1.807) is 0 Å². The van der Waals surface area contributed by atoms with Gasteiger partial charge in [-0.1, -0.05) is 6.92 Å². The van der Waals surface area contributed by atoms with Gasteiger partial charge >= 0.3 is 0 Å². The van der Waals surface area contributed by atoms with Crippen molar-refractivity contribution in [2.75, 3.05) is 0 Å². The first-order valence-corrected chi connectivity index (χ1v) is 2.53. The lowest BCUT2D eigenvalue weighted by Crippen LogP contribution is -1.89. The predicted octanol–water partition coefficient (Wildman–Crippen LogP) is 1.51. The van der Waals surface area contributed by atoms with Crippen LogP contribution in [0.4, 0.5) is 0 Å². The fourth-order valence-electron chi connectivity index (χ4n) is 0.569. The van der Waals surface area contributed by atoms with Gasteiger partial charge in [-0.3, -0.25) is 0 Å². The molecule has 0 amide bonds. The number of nitriles is 1. The van der Waals surface area contributed by atoms with Gasteiger partial charge in [0.05, 0.1) is 11.5 Å². The maximum atomic E-state index is 8.37. The average Bonchev–Trinajstić information content (AvgIpc) is 2.46. The van der Waals surface area contributed by atoms with Gasteiger partial charge in [-0.2, -0.15) is 5.26 Å². The zero-order chi connectivity index (χ0) is 5.33. The lowest BCUT2D eigenvalue weighted by atomic mass is 10.1. The van der Waals surface area contributed by atoms with Crippen molar-refractivity contribution in [3.05, 3.63) is 6.92 Å². The molecule has 0 aliphatic heterocycles. The topological polar surface area (TPSA) is 23.8 Å². The Balaban J connectivity index is 2.47. The van der Waals surface area contributed by atoms with Crippen LogP contribution in [0.2, 0.25) is 0 Å². The summed E-state index contributed by atoms with van der Waals surface area (Å²) < 4.78 is 0. The van der Waals surface area contributed by atoms with E-state index in [2.05, 4.69) is 13.0 Å². The highest BCUT2D eigenvalue weighted by Crippen LogP contribution is 2.47. The normalized spacial score (nSPS) is 23.4. The summed E-state index contributed by atoms with van der Waals surface area (Å²) in [5.41, 5.74) is 0.0278.